The highest BCUT2D eigenvalue weighted by atomic mass is 32.2. The number of carbonyl (C=O) groups is 1. The van der Waals surface area contributed by atoms with Gasteiger partial charge in [-0.2, -0.15) is 0 Å². The fourth-order valence-electron chi connectivity index (χ4n) is 2.49. The molecular weight excluding hydrogens is 373 g/mol. The molecule has 0 radical (unpaired) electrons. The monoisotopic (exact) mass is 389 g/mol. The fraction of sp³-hybridized carbons (Fsp3) is 0.167. The number of amides is 1. The molecule has 0 atom stereocenters. The van der Waals surface area contributed by atoms with Gasteiger partial charge in [-0.05, 0) is 49.7 Å². The molecule has 0 spiro atoms. The maximum atomic E-state index is 12.9. The van der Waals surface area contributed by atoms with Gasteiger partial charge in [0.1, 0.15) is 11.6 Å². The van der Waals surface area contributed by atoms with E-state index in [4.69, 9.17) is 4.42 Å². The molecule has 27 heavy (non-hydrogen) atoms. The summed E-state index contributed by atoms with van der Waals surface area (Å²) in [6, 6.07) is 9.68. The third-order valence-corrected chi connectivity index (χ3v) is 5.41. The van der Waals surface area contributed by atoms with Gasteiger partial charge >= 0.3 is 6.01 Å². The Bertz CT molecular complexity index is 1090. The number of aromatic nitrogens is 2. The molecule has 9 heteroatoms. The van der Waals surface area contributed by atoms with Gasteiger partial charge < -0.3 is 4.42 Å². The number of carbonyl (C=O) groups excluding carboxylic acids is 1. The first kappa shape index (κ1) is 18.7. The van der Waals surface area contributed by atoms with Crippen molar-refractivity contribution in [3.05, 3.63) is 59.4 Å². The van der Waals surface area contributed by atoms with Gasteiger partial charge in [0, 0.05) is 5.56 Å². The lowest BCUT2D eigenvalue weighted by Crippen LogP contribution is -2.23. The Hall–Kier alpha value is -3.07. The summed E-state index contributed by atoms with van der Waals surface area (Å²) in [4.78, 5) is 11.9. The highest BCUT2D eigenvalue weighted by Gasteiger charge is 2.21. The van der Waals surface area contributed by atoms with E-state index in [1.165, 1.54) is 0 Å². The van der Waals surface area contributed by atoms with Gasteiger partial charge in [0.25, 0.3) is 0 Å². The number of sulfone groups is 1. The molecule has 1 aromatic heterocycles. The first-order valence-corrected chi connectivity index (χ1v) is 9.59. The minimum Gasteiger partial charge on any atom is -0.403 e. The van der Waals surface area contributed by atoms with Crippen LogP contribution in [0.2, 0.25) is 0 Å². The second-order valence-corrected chi connectivity index (χ2v) is 7.98. The van der Waals surface area contributed by atoms with Crippen LogP contribution in [-0.4, -0.2) is 30.3 Å². The summed E-state index contributed by atoms with van der Waals surface area (Å²) in [5.74, 6) is -2.03. The standard InChI is InChI=1S/C18H16FN3O4S/c1-11-3-8-15(12(2)9-11)17-21-22-18(26-17)20-16(23)10-27(24,25)14-6-4-13(19)5-7-14/h3-9H,10H2,1-2H3,(H,20,22,23). The SMILES string of the molecule is Cc1ccc(-c2nnc(NC(=O)CS(=O)(=O)c3ccc(F)cc3)o2)c(C)c1. The van der Waals surface area contributed by atoms with Crippen molar-refractivity contribution in [3.8, 4) is 11.5 Å². The van der Waals surface area contributed by atoms with Gasteiger partial charge in [0.05, 0.1) is 4.90 Å². The minimum absolute atomic E-state index is 0.152. The molecule has 0 bridgehead atoms. The molecule has 1 N–H and O–H groups in total. The van der Waals surface area contributed by atoms with Crippen molar-refractivity contribution in [2.24, 2.45) is 0 Å². The third kappa shape index (κ3) is 4.37. The van der Waals surface area contributed by atoms with Crippen LogP contribution in [0.25, 0.3) is 11.5 Å². The number of benzene rings is 2. The number of hydrogen-bond acceptors (Lipinski definition) is 6. The first-order chi connectivity index (χ1) is 12.7. The van der Waals surface area contributed by atoms with Crippen LogP contribution in [0.4, 0.5) is 10.4 Å². The average molecular weight is 389 g/mol. The number of hydrogen-bond donors (Lipinski definition) is 1. The van der Waals surface area contributed by atoms with Crippen LogP contribution in [0.5, 0.6) is 0 Å². The molecule has 3 aromatic rings. The van der Waals surface area contributed by atoms with E-state index >= 15 is 0 Å². The van der Waals surface area contributed by atoms with Gasteiger partial charge in [-0.3, -0.25) is 10.1 Å². The predicted molar refractivity (Wildman–Crippen MR) is 96.3 cm³/mol. The Morgan fingerprint density at radius 3 is 2.48 bits per heavy atom. The highest BCUT2D eigenvalue weighted by Crippen LogP contribution is 2.24. The molecule has 0 saturated carbocycles. The summed E-state index contributed by atoms with van der Waals surface area (Å²) in [5.41, 5.74) is 2.72. The molecule has 1 heterocycles. The third-order valence-electron chi connectivity index (χ3n) is 3.78. The molecule has 0 aliphatic carbocycles. The van der Waals surface area contributed by atoms with Gasteiger partial charge in [0.15, 0.2) is 9.84 Å². The average Bonchev–Trinajstić information content (AvgIpc) is 3.02. The summed E-state index contributed by atoms with van der Waals surface area (Å²) in [5, 5.41) is 9.86. The zero-order valence-electron chi connectivity index (χ0n) is 14.6. The number of anilines is 1. The van der Waals surface area contributed by atoms with E-state index in [9.17, 15) is 17.6 Å². The van der Waals surface area contributed by atoms with Crippen molar-refractivity contribution in [2.75, 3.05) is 11.1 Å². The van der Waals surface area contributed by atoms with E-state index in [0.717, 1.165) is 35.4 Å². The molecule has 2 aromatic carbocycles. The van der Waals surface area contributed by atoms with Crippen LogP contribution in [0.15, 0.2) is 51.8 Å². The van der Waals surface area contributed by atoms with Crippen LogP contribution in [0.3, 0.4) is 0 Å². The lowest BCUT2D eigenvalue weighted by Gasteiger charge is -2.04. The molecule has 3 rings (SSSR count). The smallest absolute Gasteiger partial charge is 0.322 e. The maximum absolute atomic E-state index is 12.9. The Kier molecular flexibility index (Phi) is 5.04. The fourth-order valence-corrected chi connectivity index (χ4v) is 3.62. The van der Waals surface area contributed by atoms with Crippen LogP contribution in [0.1, 0.15) is 11.1 Å². The maximum Gasteiger partial charge on any atom is 0.322 e. The molecule has 0 aliphatic rings. The van der Waals surface area contributed by atoms with Crippen molar-refractivity contribution >= 4 is 21.8 Å². The number of nitrogens with zero attached hydrogens (tertiary/aromatic N) is 2. The van der Waals surface area contributed by atoms with E-state index in [0.29, 0.717) is 5.56 Å². The second kappa shape index (κ2) is 7.28. The zero-order valence-corrected chi connectivity index (χ0v) is 15.4. The molecule has 0 aliphatic heterocycles. The normalized spacial score (nSPS) is 11.4. The summed E-state index contributed by atoms with van der Waals surface area (Å²) in [6.45, 7) is 3.85. The Labute approximate surface area is 155 Å². The topological polar surface area (TPSA) is 102 Å². The lowest BCUT2D eigenvalue weighted by atomic mass is 10.1. The summed E-state index contributed by atoms with van der Waals surface area (Å²) in [6.07, 6.45) is 0. The summed E-state index contributed by atoms with van der Waals surface area (Å²) < 4.78 is 42.7. The van der Waals surface area contributed by atoms with Gasteiger partial charge in [0.2, 0.25) is 11.8 Å². The van der Waals surface area contributed by atoms with E-state index in [1.54, 1.807) is 0 Å². The molecule has 0 unspecified atom stereocenters. The largest absolute Gasteiger partial charge is 0.403 e. The summed E-state index contributed by atoms with van der Waals surface area (Å²) in [7, 11) is -3.92. The Morgan fingerprint density at radius 1 is 1.11 bits per heavy atom. The van der Waals surface area contributed by atoms with E-state index in [1.807, 2.05) is 32.0 Å². The number of halogens is 1. The van der Waals surface area contributed by atoms with Gasteiger partial charge in [-0.15, -0.1) is 5.10 Å². The second-order valence-electron chi connectivity index (χ2n) is 5.99. The molecule has 1 amide bonds. The highest BCUT2D eigenvalue weighted by molar-refractivity contribution is 7.92. The van der Waals surface area contributed by atoms with Gasteiger partial charge in [-0.25, -0.2) is 12.8 Å². The van der Waals surface area contributed by atoms with Crippen molar-refractivity contribution in [2.45, 2.75) is 18.7 Å². The number of aryl methyl sites for hydroxylation is 2. The van der Waals surface area contributed by atoms with Crippen LogP contribution >= 0.6 is 0 Å². The molecular formula is C18H16FN3O4S. The van der Waals surface area contributed by atoms with Crippen LogP contribution in [-0.2, 0) is 14.6 Å². The molecule has 7 nitrogen and oxygen atoms in total. The number of nitrogens with one attached hydrogen (secondary N) is 1. The van der Waals surface area contributed by atoms with Crippen LogP contribution in [0, 0.1) is 19.7 Å². The van der Waals surface area contributed by atoms with Crippen molar-refractivity contribution in [3.63, 3.8) is 0 Å². The van der Waals surface area contributed by atoms with E-state index in [2.05, 4.69) is 15.5 Å². The molecule has 0 fully saturated rings. The lowest BCUT2D eigenvalue weighted by molar-refractivity contribution is -0.114. The van der Waals surface area contributed by atoms with Crippen LogP contribution < -0.4 is 5.32 Å². The predicted octanol–water partition coefficient (Wildman–Crippen LogP) is 2.90. The Morgan fingerprint density at radius 2 is 1.81 bits per heavy atom. The van der Waals surface area contributed by atoms with Gasteiger partial charge in [-0.1, -0.05) is 22.8 Å². The van der Waals surface area contributed by atoms with E-state index in [-0.39, 0.29) is 16.8 Å². The summed E-state index contributed by atoms with van der Waals surface area (Å²) >= 11 is 0. The zero-order chi connectivity index (χ0) is 19.6. The minimum atomic E-state index is -3.92. The quantitative estimate of drug-likeness (QED) is 0.673. The molecule has 0 saturated heterocycles. The van der Waals surface area contributed by atoms with Crippen molar-refractivity contribution in [1.29, 1.82) is 0 Å². The molecule has 140 valence electrons. The van der Waals surface area contributed by atoms with Crippen molar-refractivity contribution in [1.82, 2.24) is 10.2 Å². The van der Waals surface area contributed by atoms with E-state index < -0.39 is 27.3 Å². The first-order valence-electron chi connectivity index (χ1n) is 7.94. The van der Waals surface area contributed by atoms with Crippen molar-refractivity contribution < 1.29 is 22.0 Å². The number of rotatable bonds is 5. The Balaban J connectivity index is 1.71.